The van der Waals surface area contributed by atoms with Crippen molar-refractivity contribution >= 4 is 22.4 Å². The van der Waals surface area contributed by atoms with E-state index >= 15 is 0 Å². The Bertz CT molecular complexity index is 957. The van der Waals surface area contributed by atoms with E-state index in [0.717, 1.165) is 5.56 Å². The van der Waals surface area contributed by atoms with Gasteiger partial charge in [0.25, 0.3) is 0 Å². The molecule has 26 heavy (non-hydrogen) atoms. The van der Waals surface area contributed by atoms with Crippen LogP contribution in [-0.4, -0.2) is 24.1 Å². The normalized spacial score (nSPS) is 12.7. The van der Waals surface area contributed by atoms with Crippen molar-refractivity contribution in [1.82, 2.24) is 4.98 Å². The third-order valence-electron chi connectivity index (χ3n) is 3.84. The number of hydrogen-bond acceptors (Lipinski definition) is 5. The second-order valence-corrected chi connectivity index (χ2v) is 6.61. The van der Waals surface area contributed by atoms with Gasteiger partial charge in [-0.15, -0.1) is 11.3 Å². The van der Waals surface area contributed by atoms with Gasteiger partial charge in [-0.1, -0.05) is 18.2 Å². The molecule has 1 aromatic heterocycles. The van der Waals surface area contributed by atoms with Crippen molar-refractivity contribution in [3.05, 3.63) is 59.2 Å². The molecule has 1 aliphatic heterocycles. The Hall–Kier alpha value is -2.93. The van der Waals surface area contributed by atoms with Gasteiger partial charge in [0.1, 0.15) is 19.0 Å². The van der Waals surface area contributed by atoms with Gasteiger partial charge in [0, 0.05) is 10.9 Å². The molecule has 0 unspecified atom stereocenters. The maximum absolute atomic E-state index is 13.3. The van der Waals surface area contributed by atoms with Crippen LogP contribution in [0.3, 0.4) is 0 Å². The molecule has 0 saturated carbocycles. The van der Waals surface area contributed by atoms with Gasteiger partial charge in [-0.05, 0) is 29.8 Å². The number of nitrogens with one attached hydrogen (secondary N) is 1. The lowest BCUT2D eigenvalue weighted by Gasteiger charge is -2.18. The Morgan fingerprint density at radius 2 is 2.00 bits per heavy atom. The molecule has 0 atom stereocenters. The van der Waals surface area contributed by atoms with Crippen molar-refractivity contribution in [3.8, 4) is 22.8 Å². The Kier molecular flexibility index (Phi) is 4.53. The minimum atomic E-state index is -0.320. The van der Waals surface area contributed by atoms with Gasteiger partial charge >= 0.3 is 0 Å². The third kappa shape index (κ3) is 3.67. The number of rotatable bonds is 4. The predicted octanol–water partition coefficient (Wildman–Crippen LogP) is 3.90. The first kappa shape index (κ1) is 16.5. The van der Waals surface area contributed by atoms with Gasteiger partial charge in [0.05, 0.1) is 12.1 Å². The number of halogens is 1. The number of benzene rings is 2. The van der Waals surface area contributed by atoms with Crippen LogP contribution in [0, 0.1) is 5.82 Å². The Morgan fingerprint density at radius 1 is 1.15 bits per heavy atom. The van der Waals surface area contributed by atoms with Crippen molar-refractivity contribution in [2.45, 2.75) is 6.42 Å². The zero-order valence-electron chi connectivity index (χ0n) is 13.7. The first-order chi connectivity index (χ1) is 12.7. The van der Waals surface area contributed by atoms with Crippen LogP contribution in [0.2, 0.25) is 0 Å². The van der Waals surface area contributed by atoms with E-state index in [9.17, 15) is 9.18 Å². The van der Waals surface area contributed by atoms with Crippen molar-refractivity contribution in [3.63, 3.8) is 0 Å². The number of hydrogen-bond donors (Lipinski definition) is 1. The number of thiazole rings is 1. The maximum Gasteiger partial charge on any atom is 0.230 e. The average molecular weight is 370 g/mol. The summed E-state index contributed by atoms with van der Waals surface area (Å²) in [6.07, 6.45) is 0.200. The van der Waals surface area contributed by atoms with Crippen molar-refractivity contribution in [2.75, 3.05) is 18.5 Å². The molecule has 0 fully saturated rings. The summed E-state index contributed by atoms with van der Waals surface area (Å²) in [5, 5.41) is 5.04. The van der Waals surface area contributed by atoms with Crippen LogP contribution in [0.4, 0.5) is 9.52 Å². The van der Waals surface area contributed by atoms with Crippen LogP contribution in [0.1, 0.15) is 5.56 Å². The zero-order chi connectivity index (χ0) is 17.9. The second-order valence-electron chi connectivity index (χ2n) is 5.75. The number of fused-ring (bicyclic) bond motifs is 1. The highest BCUT2D eigenvalue weighted by Gasteiger charge is 2.14. The van der Waals surface area contributed by atoms with E-state index in [1.807, 2.05) is 18.2 Å². The molecule has 0 saturated heterocycles. The van der Waals surface area contributed by atoms with Crippen LogP contribution < -0.4 is 14.8 Å². The van der Waals surface area contributed by atoms with E-state index in [1.165, 1.54) is 23.5 Å². The third-order valence-corrected chi connectivity index (χ3v) is 4.60. The van der Waals surface area contributed by atoms with Gasteiger partial charge in [-0.2, -0.15) is 0 Å². The molecular weight excluding hydrogens is 355 g/mol. The molecule has 5 nitrogen and oxygen atoms in total. The molecular formula is C19H15FN2O3S. The molecule has 2 aromatic carbocycles. The number of anilines is 1. The van der Waals surface area contributed by atoms with Gasteiger partial charge < -0.3 is 14.8 Å². The summed E-state index contributed by atoms with van der Waals surface area (Å²) in [6.45, 7) is 1.04. The lowest BCUT2D eigenvalue weighted by molar-refractivity contribution is -0.115. The Morgan fingerprint density at radius 3 is 2.85 bits per heavy atom. The first-order valence-electron chi connectivity index (χ1n) is 8.07. The van der Waals surface area contributed by atoms with E-state index in [-0.39, 0.29) is 18.1 Å². The summed E-state index contributed by atoms with van der Waals surface area (Å²) in [6, 6.07) is 11.7. The molecule has 4 rings (SSSR count). The minimum Gasteiger partial charge on any atom is -0.486 e. The maximum atomic E-state index is 13.3. The van der Waals surface area contributed by atoms with Crippen LogP contribution in [-0.2, 0) is 11.2 Å². The molecule has 1 amide bonds. The molecule has 0 spiro atoms. The predicted molar refractivity (Wildman–Crippen MR) is 97.3 cm³/mol. The summed E-state index contributed by atoms with van der Waals surface area (Å²) >= 11 is 1.30. The van der Waals surface area contributed by atoms with E-state index in [1.54, 1.807) is 17.5 Å². The quantitative estimate of drug-likeness (QED) is 0.757. The molecule has 0 bridgehead atoms. The first-order valence-corrected chi connectivity index (χ1v) is 8.95. The molecule has 0 aliphatic carbocycles. The van der Waals surface area contributed by atoms with Crippen molar-refractivity contribution in [2.24, 2.45) is 0 Å². The highest BCUT2D eigenvalue weighted by molar-refractivity contribution is 7.14. The van der Waals surface area contributed by atoms with Crippen LogP contribution in [0.15, 0.2) is 47.8 Å². The highest BCUT2D eigenvalue weighted by atomic mass is 32.1. The number of carbonyl (C=O) groups is 1. The van der Waals surface area contributed by atoms with Gasteiger partial charge in [0.15, 0.2) is 16.6 Å². The van der Waals surface area contributed by atoms with E-state index in [4.69, 9.17) is 9.47 Å². The van der Waals surface area contributed by atoms with Gasteiger partial charge in [0.2, 0.25) is 5.91 Å². The molecule has 3 aromatic rings. The minimum absolute atomic E-state index is 0.179. The summed E-state index contributed by atoms with van der Waals surface area (Å²) in [4.78, 5) is 16.6. The van der Waals surface area contributed by atoms with Crippen LogP contribution in [0.25, 0.3) is 11.3 Å². The van der Waals surface area contributed by atoms with Gasteiger partial charge in [-0.3, -0.25) is 4.79 Å². The molecule has 132 valence electrons. The lowest BCUT2D eigenvalue weighted by Crippen LogP contribution is -2.17. The fourth-order valence-corrected chi connectivity index (χ4v) is 3.39. The number of carbonyl (C=O) groups excluding carboxylic acids is 1. The zero-order valence-corrected chi connectivity index (χ0v) is 14.5. The van der Waals surface area contributed by atoms with Crippen molar-refractivity contribution in [1.29, 1.82) is 0 Å². The molecule has 2 heterocycles. The topological polar surface area (TPSA) is 60.5 Å². The monoisotopic (exact) mass is 370 g/mol. The molecule has 7 heteroatoms. The summed E-state index contributed by atoms with van der Waals surface area (Å²) in [5.74, 6) is 0.853. The largest absolute Gasteiger partial charge is 0.486 e. The summed E-state index contributed by atoms with van der Waals surface area (Å²) in [5.41, 5.74) is 2.13. The highest BCUT2D eigenvalue weighted by Crippen LogP contribution is 2.31. The Labute approximate surface area is 153 Å². The average Bonchev–Trinajstić information content (AvgIpc) is 3.10. The van der Waals surface area contributed by atoms with Crippen molar-refractivity contribution < 1.29 is 18.7 Å². The van der Waals surface area contributed by atoms with E-state index in [2.05, 4.69) is 10.3 Å². The standard InChI is InChI=1S/C19H15FN2O3S/c20-14-3-1-2-13(10-14)15-11-26-19(21-15)22-18(23)9-12-4-5-16-17(8-12)25-7-6-24-16/h1-5,8,10-11H,6-7,9H2,(H,21,22,23). The van der Waals surface area contributed by atoms with E-state index < -0.39 is 0 Å². The summed E-state index contributed by atoms with van der Waals surface area (Å²) in [7, 11) is 0. The number of ether oxygens (including phenoxy) is 2. The van der Waals surface area contributed by atoms with Gasteiger partial charge in [-0.25, -0.2) is 9.37 Å². The number of aromatic nitrogens is 1. The fourth-order valence-electron chi connectivity index (χ4n) is 2.66. The number of amides is 1. The number of nitrogens with zero attached hydrogens (tertiary/aromatic N) is 1. The Balaban J connectivity index is 1.42. The molecule has 1 aliphatic rings. The summed E-state index contributed by atoms with van der Waals surface area (Å²) < 4.78 is 24.3. The second kappa shape index (κ2) is 7.13. The van der Waals surface area contributed by atoms with Crippen LogP contribution in [0.5, 0.6) is 11.5 Å². The fraction of sp³-hybridized carbons (Fsp3) is 0.158. The SMILES string of the molecule is O=C(Cc1ccc2c(c1)OCCO2)Nc1nc(-c2cccc(F)c2)cs1. The van der Waals surface area contributed by atoms with E-state index in [0.29, 0.717) is 41.1 Å². The molecule has 1 N–H and O–H groups in total. The lowest BCUT2D eigenvalue weighted by atomic mass is 10.1. The van der Waals surface area contributed by atoms with Crippen LogP contribution >= 0.6 is 11.3 Å². The smallest absolute Gasteiger partial charge is 0.230 e. The molecule has 0 radical (unpaired) electrons.